The minimum atomic E-state index is -1.12. The van der Waals surface area contributed by atoms with Crippen molar-refractivity contribution in [3.63, 3.8) is 0 Å². The van der Waals surface area contributed by atoms with Crippen LogP contribution in [0, 0.1) is 19.8 Å². The number of methoxy groups -OCH3 is 1. The van der Waals surface area contributed by atoms with Crippen LogP contribution < -0.4 is 29.6 Å². The van der Waals surface area contributed by atoms with Crippen molar-refractivity contribution < 1.29 is 23.7 Å². The van der Waals surface area contributed by atoms with Crippen LogP contribution in [0.4, 0.5) is 5.69 Å². The van der Waals surface area contributed by atoms with E-state index in [0.29, 0.717) is 34.7 Å². The first-order chi connectivity index (χ1) is 18.3. The molecule has 1 saturated heterocycles. The van der Waals surface area contributed by atoms with Gasteiger partial charge in [0.2, 0.25) is 12.7 Å². The predicted molar refractivity (Wildman–Crippen MR) is 147 cm³/mol. The van der Waals surface area contributed by atoms with Gasteiger partial charge in [-0.25, -0.2) is 0 Å². The zero-order valence-electron chi connectivity index (χ0n) is 21.7. The van der Waals surface area contributed by atoms with Crippen LogP contribution in [0.15, 0.2) is 54.6 Å². The Bertz CT molecular complexity index is 1460. The number of benzene rings is 3. The van der Waals surface area contributed by atoms with Gasteiger partial charge in [-0.05, 0) is 68.4 Å². The van der Waals surface area contributed by atoms with Crippen LogP contribution in [0.3, 0.4) is 0 Å². The molecule has 0 spiro atoms. The van der Waals surface area contributed by atoms with E-state index in [9.17, 15) is 4.79 Å². The Balaban J connectivity index is 1.42. The number of carbonyl (C=O) groups is 1. The fraction of sp³-hybridized carbons (Fsp3) is 0.310. The SMILES string of the molecule is COc1cccc2c1O[C@@]1(C)[C@H](C(=O)Nc3ccc(C)cc3C)[C@H]2NC(=S)N1Cc1ccc2c(c1)OCO2. The van der Waals surface area contributed by atoms with Crippen molar-refractivity contribution in [2.24, 2.45) is 5.92 Å². The molecule has 8 nitrogen and oxygen atoms in total. The molecule has 3 aromatic carbocycles. The van der Waals surface area contributed by atoms with Crippen LogP contribution in [-0.4, -0.2) is 35.5 Å². The predicted octanol–water partition coefficient (Wildman–Crippen LogP) is 4.84. The first kappa shape index (κ1) is 24.4. The number of fused-ring (bicyclic) bond motifs is 5. The highest BCUT2D eigenvalue weighted by Crippen LogP contribution is 2.52. The first-order valence-corrected chi connectivity index (χ1v) is 12.9. The number of hydrogen-bond acceptors (Lipinski definition) is 6. The third-order valence-corrected chi connectivity index (χ3v) is 7.88. The van der Waals surface area contributed by atoms with Gasteiger partial charge in [0.25, 0.3) is 0 Å². The molecule has 1 fully saturated rings. The molecule has 3 aliphatic heterocycles. The summed E-state index contributed by atoms with van der Waals surface area (Å²) in [6, 6.07) is 17.0. The van der Waals surface area contributed by atoms with E-state index < -0.39 is 17.7 Å². The summed E-state index contributed by atoms with van der Waals surface area (Å²) in [5, 5.41) is 7.10. The summed E-state index contributed by atoms with van der Waals surface area (Å²) in [5.41, 5.74) is 3.55. The molecular formula is C29H29N3O5S. The molecule has 0 aliphatic carbocycles. The van der Waals surface area contributed by atoms with Gasteiger partial charge in [0.15, 0.2) is 33.8 Å². The Kier molecular flexibility index (Phi) is 5.83. The quantitative estimate of drug-likeness (QED) is 0.453. The summed E-state index contributed by atoms with van der Waals surface area (Å²) in [6.45, 7) is 6.53. The molecule has 6 rings (SSSR count). The largest absolute Gasteiger partial charge is 0.493 e. The number of rotatable bonds is 5. The van der Waals surface area contributed by atoms with Crippen LogP contribution in [0.5, 0.6) is 23.0 Å². The van der Waals surface area contributed by atoms with E-state index in [4.69, 9.17) is 31.2 Å². The normalized spacial score (nSPS) is 22.7. The number of ether oxygens (including phenoxy) is 4. The molecule has 3 aromatic rings. The number of anilines is 1. The maximum absolute atomic E-state index is 14.1. The number of nitrogens with zero attached hydrogens (tertiary/aromatic N) is 1. The van der Waals surface area contributed by atoms with Crippen LogP contribution in [-0.2, 0) is 11.3 Å². The third-order valence-electron chi connectivity index (χ3n) is 7.54. The van der Waals surface area contributed by atoms with Gasteiger partial charge in [0.1, 0.15) is 5.92 Å². The molecule has 3 atom stereocenters. The number of hydrogen-bond donors (Lipinski definition) is 2. The Labute approximate surface area is 226 Å². The molecule has 0 radical (unpaired) electrons. The number of aryl methyl sites for hydroxylation is 2. The van der Waals surface area contributed by atoms with Gasteiger partial charge in [-0.2, -0.15) is 0 Å². The Morgan fingerprint density at radius 3 is 2.76 bits per heavy atom. The van der Waals surface area contributed by atoms with Crippen molar-refractivity contribution in [1.29, 1.82) is 0 Å². The summed E-state index contributed by atoms with van der Waals surface area (Å²) in [5.74, 6) is 1.79. The first-order valence-electron chi connectivity index (χ1n) is 12.5. The van der Waals surface area contributed by atoms with E-state index in [-0.39, 0.29) is 12.7 Å². The maximum atomic E-state index is 14.1. The fourth-order valence-corrected chi connectivity index (χ4v) is 5.99. The molecule has 9 heteroatoms. The van der Waals surface area contributed by atoms with Crippen LogP contribution in [0.25, 0.3) is 0 Å². The lowest BCUT2D eigenvalue weighted by Crippen LogP contribution is -2.71. The average molecular weight is 532 g/mol. The Morgan fingerprint density at radius 1 is 1.16 bits per heavy atom. The van der Waals surface area contributed by atoms with Gasteiger partial charge in [-0.3, -0.25) is 4.79 Å². The Hall–Kier alpha value is -3.98. The molecule has 3 aliphatic rings. The standard InChI is InChI=1S/C29H29N3O5S/c1-16-8-10-20(17(2)12-16)30-27(33)24-25-19-6-5-7-22(34-4)26(19)37-29(24,3)32(28(38)31-25)14-18-9-11-21-23(13-18)36-15-35-21/h5-13,24-25H,14-15H2,1-4H3,(H,30,33)(H,31,38)/t24-,25-,29-/m0/s1. The molecule has 0 aromatic heterocycles. The van der Waals surface area contributed by atoms with Gasteiger partial charge in [-0.15, -0.1) is 0 Å². The number of nitrogens with one attached hydrogen (secondary N) is 2. The van der Waals surface area contributed by atoms with Crippen molar-refractivity contribution in [3.8, 4) is 23.0 Å². The van der Waals surface area contributed by atoms with Crippen LogP contribution >= 0.6 is 12.2 Å². The summed E-state index contributed by atoms with van der Waals surface area (Å²) in [7, 11) is 1.61. The second-order valence-electron chi connectivity index (χ2n) is 10.0. The lowest BCUT2D eigenvalue weighted by Gasteiger charge is -2.56. The highest BCUT2D eigenvalue weighted by molar-refractivity contribution is 7.80. The van der Waals surface area contributed by atoms with E-state index in [1.165, 1.54) is 0 Å². The summed E-state index contributed by atoms with van der Waals surface area (Å²) < 4.78 is 23.4. The Morgan fingerprint density at radius 2 is 1.97 bits per heavy atom. The van der Waals surface area contributed by atoms with Crippen molar-refractivity contribution >= 4 is 28.9 Å². The second-order valence-corrected chi connectivity index (χ2v) is 10.4. The van der Waals surface area contributed by atoms with E-state index in [1.807, 2.05) is 74.2 Å². The van der Waals surface area contributed by atoms with Gasteiger partial charge in [0.05, 0.1) is 13.2 Å². The number of amides is 1. The molecule has 38 heavy (non-hydrogen) atoms. The fourth-order valence-electron chi connectivity index (χ4n) is 5.61. The van der Waals surface area contributed by atoms with Crippen LogP contribution in [0.1, 0.15) is 35.2 Å². The molecule has 0 unspecified atom stereocenters. The van der Waals surface area contributed by atoms with Crippen molar-refractivity contribution in [2.45, 2.75) is 39.1 Å². The lowest BCUT2D eigenvalue weighted by molar-refractivity contribution is -0.151. The topological polar surface area (TPSA) is 81.3 Å². The zero-order valence-corrected chi connectivity index (χ0v) is 22.5. The van der Waals surface area contributed by atoms with Gasteiger partial charge < -0.3 is 34.5 Å². The van der Waals surface area contributed by atoms with Crippen molar-refractivity contribution in [3.05, 3.63) is 76.9 Å². The van der Waals surface area contributed by atoms with E-state index >= 15 is 0 Å². The van der Waals surface area contributed by atoms with Crippen LogP contribution in [0.2, 0.25) is 0 Å². The number of carbonyl (C=O) groups excluding carboxylic acids is 1. The van der Waals surface area contributed by atoms with E-state index in [2.05, 4.69) is 16.7 Å². The number of thiocarbonyl (C=S) groups is 1. The average Bonchev–Trinajstić information content (AvgIpc) is 3.35. The molecule has 3 heterocycles. The lowest BCUT2D eigenvalue weighted by atomic mass is 9.78. The zero-order chi connectivity index (χ0) is 26.6. The third kappa shape index (κ3) is 3.89. The van der Waals surface area contributed by atoms with Crippen molar-refractivity contribution in [1.82, 2.24) is 10.2 Å². The highest BCUT2D eigenvalue weighted by atomic mass is 32.1. The number of para-hydroxylation sites is 1. The highest BCUT2D eigenvalue weighted by Gasteiger charge is 2.59. The molecule has 1 amide bonds. The minimum absolute atomic E-state index is 0.163. The van der Waals surface area contributed by atoms with E-state index in [0.717, 1.165) is 27.9 Å². The summed E-state index contributed by atoms with van der Waals surface area (Å²) in [4.78, 5) is 16.0. The molecular weight excluding hydrogens is 502 g/mol. The molecule has 0 saturated carbocycles. The van der Waals surface area contributed by atoms with Gasteiger partial charge >= 0.3 is 0 Å². The van der Waals surface area contributed by atoms with Crippen molar-refractivity contribution in [2.75, 3.05) is 19.2 Å². The molecule has 2 N–H and O–H groups in total. The smallest absolute Gasteiger partial charge is 0.236 e. The summed E-state index contributed by atoms with van der Waals surface area (Å²) in [6.07, 6.45) is 0. The van der Waals surface area contributed by atoms with Gasteiger partial charge in [0, 0.05) is 17.8 Å². The molecule has 196 valence electrons. The van der Waals surface area contributed by atoms with Gasteiger partial charge in [-0.1, -0.05) is 35.9 Å². The van der Waals surface area contributed by atoms with E-state index in [1.54, 1.807) is 7.11 Å². The molecule has 2 bridgehead atoms. The monoisotopic (exact) mass is 531 g/mol. The maximum Gasteiger partial charge on any atom is 0.236 e. The minimum Gasteiger partial charge on any atom is -0.493 e. The summed E-state index contributed by atoms with van der Waals surface area (Å²) >= 11 is 5.86. The second kappa shape index (κ2) is 9.09.